The molecule has 7 nitrogen and oxygen atoms in total. The Bertz CT molecular complexity index is 857. The van der Waals surface area contributed by atoms with E-state index in [2.05, 4.69) is 10.0 Å². The van der Waals surface area contributed by atoms with Gasteiger partial charge in [0, 0.05) is 18.9 Å². The SMILES string of the molecule is CNS(=O)(=O)c1cc(C(=O)Nc2cccc(COC(C)C)c2)n(C)c1. The van der Waals surface area contributed by atoms with Crippen LogP contribution < -0.4 is 10.0 Å². The van der Waals surface area contributed by atoms with Crippen molar-refractivity contribution in [2.24, 2.45) is 7.05 Å². The second kappa shape index (κ2) is 7.81. The van der Waals surface area contributed by atoms with Gasteiger partial charge in [-0.1, -0.05) is 12.1 Å². The number of sulfonamides is 1. The molecule has 0 spiro atoms. The number of nitrogens with one attached hydrogen (secondary N) is 2. The van der Waals surface area contributed by atoms with Gasteiger partial charge in [0.15, 0.2) is 0 Å². The van der Waals surface area contributed by atoms with E-state index in [0.717, 1.165) is 5.56 Å². The lowest BCUT2D eigenvalue weighted by Crippen LogP contribution is -2.18. The van der Waals surface area contributed by atoms with E-state index in [0.29, 0.717) is 12.3 Å². The number of aromatic nitrogens is 1. The van der Waals surface area contributed by atoms with Crippen LogP contribution in [0.4, 0.5) is 5.69 Å². The molecule has 2 N–H and O–H groups in total. The largest absolute Gasteiger partial charge is 0.374 e. The molecule has 1 amide bonds. The maximum Gasteiger partial charge on any atom is 0.272 e. The molecule has 8 heteroatoms. The summed E-state index contributed by atoms with van der Waals surface area (Å²) in [6.45, 7) is 4.37. The van der Waals surface area contributed by atoms with Gasteiger partial charge in [0.25, 0.3) is 5.91 Å². The molecule has 0 aliphatic carbocycles. The first-order valence-corrected chi connectivity index (χ1v) is 9.33. The van der Waals surface area contributed by atoms with Crippen molar-refractivity contribution in [3.8, 4) is 0 Å². The molecule has 2 aromatic rings. The molecule has 1 heterocycles. The third-order valence-electron chi connectivity index (χ3n) is 3.56. The number of amides is 1. The number of hydrogen-bond acceptors (Lipinski definition) is 4. The number of benzene rings is 1. The average Bonchev–Trinajstić information content (AvgIpc) is 2.96. The Kier molecular flexibility index (Phi) is 5.99. The van der Waals surface area contributed by atoms with Gasteiger partial charge in [-0.2, -0.15) is 0 Å². The number of aryl methyl sites for hydroxylation is 1. The second-order valence-electron chi connectivity index (χ2n) is 5.89. The zero-order valence-corrected chi connectivity index (χ0v) is 15.6. The number of hydrogen-bond donors (Lipinski definition) is 2. The van der Waals surface area contributed by atoms with Crippen molar-refractivity contribution in [1.29, 1.82) is 0 Å². The molecule has 0 bridgehead atoms. The first-order valence-electron chi connectivity index (χ1n) is 7.84. The van der Waals surface area contributed by atoms with Crippen molar-refractivity contribution in [3.63, 3.8) is 0 Å². The minimum Gasteiger partial charge on any atom is -0.374 e. The van der Waals surface area contributed by atoms with Crippen molar-refractivity contribution in [2.45, 2.75) is 31.5 Å². The Morgan fingerprint density at radius 2 is 2.00 bits per heavy atom. The zero-order valence-electron chi connectivity index (χ0n) is 14.7. The molecule has 0 atom stereocenters. The van der Waals surface area contributed by atoms with Crippen LogP contribution in [0.25, 0.3) is 0 Å². The van der Waals surface area contributed by atoms with Crippen LogP contribution in [0.15, 0.2) is 41.4 Å². The number of nitrogens with zero attached hydrogens (tertiary/aromatic N) is 1. The van der Waals surface area contributed by atoms with E-state index >= 15 is 0 Å². The lowest BCUT2D eigenvalue weighted by Gasteiger charge is -2.10. The zero-order chi connectivity index (χ0) is 18.6. The molecule has 0 saturated heterocycles. The van der Waals surface area contributed by atoms with E-state index in [1.54, 1.807) is 13.1 Å². The van der Waals surface area contributed by atoms with Crippen LogP contribution in [-0.4, -0.2) is 32.0 Å². The Morgan fingerprint density at radius 1 is 1.28 bits per heavy atom. The fraction of sp³-hybridized carbons (Fsp3) is 0.353. The van der Waals surface area contributed by atoms with Gasteiger partial charge in [-0.05, 0) is 44.7 Å². The quantitative estimate of drug-likeness (QED) is 0.786. The topological polar surface area (TPSA) is 89.4 Å². The average molecular weight is 365 g/mol. The summed E-state index contributed by atoms with van der Waals surface area (Å²) in [5, 5.41) is 2.78. The summed E-state index contributed by atoms with van der Waals surface area (Å²) in [5.41, 5.74) is 1.81. The highest BCUT2D eigenvalue weighted by molar-refractivity contribution is 7.89. The number of rotatable bonds is 7. The van der Waals surface area contributed by atoms with Crippen LogP contribution in [-0.2, 0) is 28.4 Å². The number of anilines is 1. The standard InChI is InChI=1S/C17H23N3O4S/c1-12(2)24-11-13-6-5-7-14(8-13)19-17(21)16-9-15(10-20(16)4)25(22,23)18-3/h5-10,12,18H,11H2,1-4H3,(H,19,21). The molecule has 25 heavy (non-hydrogen) atoms. The Hall–Kier alpha value is -2.16. The van der Waals surface area contributed by atoms with Crippen molar-refractivity contribution in [3.05, 3.63) is 47.8 Å². The molecular formula is C17H23N3O4S. The third kappa shape index (κ3) is 4.91. The van der Waals surface area contributed by atoms with Crippen LogP contribution in [0.1, 0.15) is 29.9 Å². The van der Waals surface area contributed by atoms with Crippen molar-refractivity contribution < 1.29 is 17.9 Å². The summed E-state index contributed by atoms with van der Waals surface area (Å²) < 4.78 is 33.0. The molecule has 0 saturated carbocycles. The van der Waals surface area contributed by atoms with Gasteiger partial charge in [0.05, 0.1) is 12.7 Å². The maximum absolute atomic E-state index is 12.5. The van der Waals surface area contributed by atoms with Crippen LogP contribution in [0.2, 0.25) is 0 Å². The van der Waals surface area contributed by atoms with Crippen molar-refractivity contribution in [1.82, 2.24) is 9.29 Å². The number of carbonyl (C=O) groups is 1. The molecule has 0 unspecified atom stereocenters. The van der Waals surface area contributed by atoms with Crippen LogP contribution in [0, 0.1) is 0 Å². The summed E-state index contributed by atoms with van der Waals surface area (Å²) >= 11 is 0. The monoisotopic (exact) mass is 365 g/mol. The van der Waals surface area contributed by atoms with Crippen LogP contribution in [0.3, 0.4) is 0 Å². The van der Waals surface area contributed by atoms with E-state index in [1.807, 2.05) is 32.0 Å². The van der Waals surface area contributed by atoms with Crippen molar-refractivity contribution in [2.75, 3.05) is 12.4 Å². The van der Waals surface area contributed by atoms with Crippen LogP contribution >= 0.6 is 0 Å². The summed E-state index contributed by atoms with van der Waals surface area (Å²) in [6.07, 6.45) is 1.52. The fourth-order valence-electron chi connectivity index (χ4n) is 2.22. The van der Waals surface area contributed by atoms with E-state index in [-0.39, 0.29) is 22.6 Å². The summed E-state index contributed by atoms with van der Waals surface area (Å²) in [7, 11) is -0.648. The normalized spacial score (nSPS) is 11.7. The number of ether oxygens (including phenoxy) is 1. The molecule has 2 rings (SSSR count). The van der Waals surface area contributed by atoms with E-state index < -0.39 is 10.0 Å². The minimum absolute atomic E-state index is 0.0433. The van der Waals surface area contributed by atoms with Crippen molar-refractivity contribution >= 4 is 21.6 Å². The van der Waals surface area contributed by atoms with E-state index in [9.17, 15) is 13.2 Å². The highest BCUT2D eigenvalue weighted by atomic mass is 32.2. The third-order valence-corrected chi connectivity index (χ3v) is 4.94. The predicted molar refractivity (Wildman–Crippen MR) is 96.0 cm³/mol. The van der Waals surface area contributed by atoms with Gasteiger partial charge in [-0.3, -0.25) is 4.79 Å². The first-order chi connectivity index (χ1) is 11.7. The van der Waals surface area contributed by atoms with E-state index in [4.69, 9.17) is 4.74 Å². The molecular weight excluding hydrogens is 342 g/mol. The predicted octanol–water partition coefficient (Wildman–Crippen LogP) is 2.11. The molecule has 1 aromatic heterocycles. The van der Waals surface area contributed by atoms with Gasteiger partial charge < -0.3 is 14.6 Å². The minimum atomic E-state index is -3.60. The smallest absolute Gasteiger partial charge is 0.272 e. The molecule has 136 valence electrons. The van der Waals surface area contributed by atoms with Gasteiger partial charge in [-0.15, -0.1) is 0 Å². The Labute approximate surface area is 148 Å². The highest BCUT2D eigenvalue weighted by Crippen LogP contribution is 2.17. The maximum atomic E-state index is 12.5. The molecule has 0 radical (unpaired) electrons. The molecule has 0 aliphatic rings. The number of carbonyl (C=O) groups excluding carboxylic acids is 1. The van der Waals surface area contributed by atoms with E-state index in [1.165, 1.54) is 23.9 Å². The summed E-state index contributed by atoms with van der Waals surface area (Å²) in [5.74, 6) is -0.387. The summed E-state index contributed by atoms with van der Waals surface area (Å²) in [4.78, 5) is 12.5. The van der Waals surface area contributed by atoms with Gasteiger partial charge in [0.1, 0.15) is 10.6 Å². The fourth-order valence-corrected chi connectivity index (χ4v) is 3.02. The molecule has 0 aliphatic heterocycles. The molecule has 0 fully saturated rings. The Balaban J connectivity index is 2.16. The lowest BCUT2D eigenvalue weighted by atomic mass is 10.2. The Morgan fingerprint density at radius 3 is 2.64 bits per heavy atom. The molecule has 1 aromatic carbocycles. The second-order valence-corrected chi connectivity index (χ2v) is 7.78. The summed E-state index contributed by atoms with van der Waals surface area (Å²) in [6, 6.07) is 8.68. The first kappa shape index (κ1) is 19.2. The van der Waals surface area contributed by atoms with Gasteiger partial charge in [0.2, 0.25) is 10.0 Å². The highest BCUT2D eigenvalue weighted by Gasteiger charge is 2.19. The van der Waals surface area contributed by atoms with Crippen LogP contribution in [0.5, 0.6) is 0 Å². The van der Waals surface area contributed by atoms with Gasteiger partial charge in [-0.25, -0.2) is 13.1 Å². The van der Waals surface area contributed by atoms with Gasteiger partial charge >= 0.3 is 0 Å². The lowest BCUT2D eigenvalue weighted by molar-refractivity contribution is 0.0657.